The topological polar surface area (TPSA) is 84.6 Å². The van der Waals surface area contributed by atoms with E-state index >= 15 is 0 Å². The summed E-state index contributed by atoms with van der Waals surface area (Å²) in [5.74, 6) is -2.45. The number of primary amides is 1. The van der Waals surface area contributed by atoms with E-state index in [0.29, 0.717) is 17.7 Å². The molecule has 0 spiro atoms. The Bertz CT molecular complexity index is 454. The molecule has 2 amide bonds. The van der Waals surface area contributed by atoms with Crippen LogP contribution in [0.1, 0.15) is 18.9 Å². The number of nitrogens with two attached hydrogens (primary N) is 1. The molecule has 90 valence electrons. The van der Waals surface area contributed by atoms with Gasteiger partial charge in [-0.1, -0.05) is 19.1 Å². The molecule has 0 radical (unpaired) electrons. The van der Waals surface area contributed by atoms with Crippen molar-refractivity contribution in [2.45, 2.75) is 13.3 Å². The van der Waals surface area contributed by atoms with E-state index in [-0.39, 0.29) is 5.82 Å². The third kappa shape index (κ3) is 3.67. The smallest absolute Gasteiger partial charge is 0.329 e. The Kier molecular flexibility index (Phi) is 4.33. The van der Waals surface area contributed by atoms with Crippen molar-refractivity contribution in [1.82, 2.24) is 5.43 Å². The number of hydrogen-bond acceptors (Lipinski definition) is 3. The summed E-state index contributed by atoms with van der Waals surface area (Å²) in [6.07, 6.45) is 0.519. The van der Waals surface area contributed by atoms with Gasteiger partial charge in [0.15, 0.2) is 0 Å². The molecule has 0 heterocycles. The van der Waals surface area contributed by atoms with Gasteiger partial charge >= 0.3 is 11.8 Å². The monoisotopic (exact) mass is 237 g/mol. The van der Waals surface area contributed by atoms with Gasteiger partial charge in [0, 0.05) is 0 Å². The van der Waals surface area contributed by atoms with E-state index in [2.05, 4.69) is 5.10 Å². The second-order valence-electron chi connectivity index (χ2n) is 3.22. The Morgan fingerprint density at radius 3 is 2.41 bits per heavy atom. The highest BCUT2D eigenvalue weighted by Gasteiger charge is 2.08. The molecule has 1 rings (SSSR count). The third-order valence-corrected chi connectivity index (χ3v) is 2.03. The number of rotatable bonds is 3. The van der Waals surface area contributed by atoms with Gasteiger partial charge in [0.05, 0.1) is 5.71 Å². The normalized spacial score (nSPS) is 11.1. The van der Waals surface area contributed by atoms with E-state index in [0.717, 1.165) is 0 Å². The molecule has 0 saturated heterocycles. The lowest BCUT2D eigenvalue weighted by atomic mass is 10.1. The van der Waals surface area contributed by atoms with Gasteiger partial charge in [0.2, 0.25) is 0 Å². The summed E-state index contributed by atoms with van der Waals surface area (Å²) in [6.45, 7) is 1.82. The van der Waals surface area contributed by atoms with Crippen molar-refractivity contribution in [3.8, 4) is 0 Å². The zero-order valence-electron chi connectivity index (χ0n) is 9.24. The first-order valence-electron chi connectivity index (χ1n) is 4.97. The molecule has 3 N–H and O–H groups in total. The van der Waals surface area contributed by atoms with Crippen molar-refractivity contribution < 1.29 is 14.0 Å². The Hall–Kier alpha value is -2.24. The second kappa shape index (κ2) is 5.74. The zero-order chi connectivity index (χ0) is 12.8. The molecule has 0 aliphatic rings. The predicted octanol–water partition coefficient (Wildman–Crippen LogP) is 0.541. The molecule has 5 nitrogen and oxygen atoms in total. The fraction of sp³-hybridized carbons (Fsp3) is 0.182. The Labute approximate surface area is 97.5 Å². The standard InChI is InChI=1S/C11H12FN3O2/c1-2-9(14-15-11(17)10(13)16)7-3-5-8(12)6-4-7/h3-6H,2H2,1H3,(H2,13,16)(H,15,17)/b14-9-. The number of hydrogen-bond donors (Lipinski definition) is 2. The first kappa shape index (κ1) is 12.8. The lowest BCUT2D eigenvalue weighted by Crippen LogP contribution is -2.33. The quantitative estimate of drug-likeness (QED) is 0.457. The first-order valence-corrected chi connectivity index (χ1v) is 4.97. The number of nitrogens with one attached hydrogen (secondary N) is 1. The molecule has 0 saturated carbocycles. The van der Waals surface area contributed by atoms with E-state index in [1.54, 1.807) is 0 Å². The molecular formula is C11H12FN3O2. The minimum atomic E-state index is -1.11. The number of halogens is 1. The highest BCUT2D eigenvalue weighted by molar-refractivity contribution is 6.34. The van der Waals surface area contributed by atoms with Crippen LogP contribution >= 0.6 is 0 Å². The van der Waals surface area contributed by atoms with Crippen LogP contribution in [0.15, 0.2) is 29.4 Å². The maximum atomic E-state index is 12.7. The average Bonchev–Trinajstić information content (AvgIpc) is 2.31. The van der Waals surface area contributed by atoms with Crippen molar-refractivity contribution in [3.05, 3.63) is 35.6 Å². The number of benzene rings is 1. The number of carbonyl (C=O) groups is 2. The van der Waals surface area contributed by atoms with Gasteiger partial charge in [0.25, 0.3) is 0 Å². The number of carbonyl (C=O) groups excluding carboxylic acids is 2. The van der Waals surface area contributed by atoms with Gasteiger partial charge < -0.3 is 5.73 Å². The molecule has 1 aromatic rings. The average molecular weight is 237 g/mol. The van der Waals surface area contributed by atoms with Crippen molar-refractivity contribution in [3.63, 3.8) is 0 Å². The van der Waals surface area contributed by atoms with Crippen molar-refractivity contribution in [2.75, 3.05) is 0 Å². The minimum Gasteiger partial charge on any atom is -0.361 e. The molecular weight excluding hydrogens is 225 g/mol. The third-order valence-electron chi connectivity index (χ3n) is 2.03. The SMILES string of the molecule is CC/C(=N/NC(=O)C(N)=O)c1ccc(F)cc1. The molecule has 0 atom stereocenters. The molecule has 0 unspecified atom stereocenters. The van der Waals surface area contributed by atoms with Crippen LogP contribution in [0.4, 0.5) is 4.39 Å². The summed E-state index contributed by atoms with van der Waals surface area (Å²) in [5, 5.41) is 3.76. The lowest BCUT2D eigenvalue weighted by Gasteiger charge is -2.03. The summed E-state index contributed by atoms with van der Waals surface area (Å²) in [7, 11) is 0. The van der Waals surface area contributed by atoms with Crippen LogP contribution < -0.4 is 11.2 Å². The van der Waals surface area contributed by atoms with Gasteiger partial charge in [0.1, 0.15) is 5.82 Å². The van der Waals surface area contributed by atoms with Gasteiger partial charge in [-0.15, -0.1) is 0 Å². The summed E-state index contributed by atoms with van der Waals surface area (Å²) in [4.78, 5) is 21.4. The van der Waals surface area contributed by atoms with Crippen molar-refractivity contribution in [2.24, 2.45) is 10.8 Å². The van der Waals surface area contributed by atoms with E-state index in [1.165, 1.54) is 24.3 Å². The number of hydrazone groups is 1. The van der Waals surface area contributed by atoms with Gasteiger partial charge in [-0.3, -0.25) is 9.59 Å². The molecule has 0 fully saturated rings. The van der Waals surface area contributed by atoms with Gasteiger partial charge in [-0.25, -0.2) is 9.82 Å². The Balaban J connectivity index is 2.84. The maximum absolute atomic E-state index is 12.7. The Morgan fingerprint density at radius 1 is 1.35 bits per heavy atom. The predicted molar refractivity (Wildman–Crippen MR) is 60.6 cm³/mol. The number of nitrogens with zero attached hydrogens (tertiary/aromatic N) is 1. The molecule has 0 bridgehead atoms. The van der Waals surface area contributed by atoms with Gasteiger partial charge in [-0.2, -0.15) is 5.10 Å². The van der Waals surface area contributed by atoms with Crippen LogP contribution in [-0.4, -0.2) is 17.5 Å². The van der Waals surface area contributed by atoms with Crippen molar-refractivity contribution >= 4 is 17.5 Å². The molecule has 0 aliphatic heterocycles. The number of amides is 2. The highest BCUT2D eigenvalue weighted by atomic mass is 19.1. The van der Waals surface area contributed by atoms with E-state index in [1.807, 2.05) is 12.3 Å². The second-order valence-corrected chi connectivity index (χ2v) is 3.22. The maximum Gasteiger partial charge on any atom is 0.329 e. The lowest BCUT2D eigenvalue weighted by molar-refractivity contribution is -0.137. The van der Waals surface area contributed by atoms with Crippen LogP contribution in [0.2, 0.25) is 0 Å². The van der Waals surface area contributed by atoms with Crippen molar-refractivity contribution in [1.29, 1.82) is 0 Å². The largest absolute Gasteiger partial charge is 0.361 e. The fourth-order valence-corrected chi connectivity index (χ4v) is 1.16. The zero-order valence-corrected chi connectivity index (χ0v) is 9.24. The van der Waals surface area contributed by atoms with Crippen LogP contribution in [0, 0.1) is 5.82 Å². The highest BCUT2D eigenvalue weighted by Crippen LogP contribution is 2.06. The fourth-order valence-electron chi connectivity index (χ4n) is 1.16. The summed E-state index contributed by atoms with van der Waals surface area (Å²) in [5.41, 5.74) is 7.97. The van der Waals surface area contributed by atoms with E-state index < -0.39 is 11.8 Å². The van der Waals surface area contributed by atoms with E-state index in [4.69, 9.17) is 5.73 Å². The molecule has 0 aromatic heterocycles. The molecule has 0 aliphatic carbocycles. The van der Waals surface area contributed by atoms with Crippen LogP contribution in [0.25, 0.3) is 0 Å². The first-order chi connectivity index (χ1) is 8.04. The van der Waals surface area contributed by atoms with Crippen LogP contribution in [-0.2, 0) is 9.59 Å². The summed E-state index contributed by atoms with van der Waals surface area (Å²) in [6, 6.07) is 5.65. The van der Waals surface area contributed by atoms with Crippen LogP contribution in [0.3, 0.4) is 0 Å². The van der Waals surface area contributed by atoms with Crippen LogP contribution in [0.5, 0.6) is 0 Å². The molecule has 17 heavy (non-hydrogen) atoms. The summed E-state index contributed by atoms with van der Waals surface area (Å²) < 4.78 is 12.7. The Morgan fingerprint density at radius 2 is 1.94 bits per heavy atom. The molecule has 6 heteroatoms. The molecule has 1 aromatic carbocycles. The minimum absolute atomic E-state index is 0.356. The van der Waals surface area contributed by atoms with E-state index in [9.17, 15) is 14.0 Å². The summed E-state index contributed by atoms with van der Waals surface area (Å²) >= 11 is 0. The van der Waals surface area contributed by atoms with Gasteiger partial charge in [-0.05, 0) is 24.1 Å².